The second kappa shape index (κ2) is 6.53. The number of nitrogens with one attached hydrogen (secondary N) is 1. The van der Waals surface area contributed by atoms with Crippen molar-refractivity contribution in [3.8, 4) is 0 Å². The summed E-state index contributed by atoms with van der Waals surface area (Å²) in [5, 5.41) is 7.47. The SMILES string of the molecule is CC1CCC(CCNS(=O)(=O)c2c(Br)nnn2C)CC1. The van der Waals surface area contributed by atoms with Crippen LogP contribution >= 0.6 is 15.9 Å². The number of aryl methyl sites for hydroxylation is 1. The summed E-state index contributed by atoms with van der Waals surface area (Å²) in [5.74, 6) is 1.46. The molecule has 8 heteroatoms. The lowest BCUT2D eigenvalue weighted by atomic mass is 9.81. The van der Waals surface area contributed by atoms with Crippen molar-refractivity contribution in [2.45, 2.75) is 44.1 Å². The van der Waals surface area contributed by atoms with Gasteiger partial charge in [-0.05, 0) is 34.2 Å². The summed E-state index contributed by atoms with van der Waals surface area (Å²) in [6, 6.07) is 0. The molecular weight excluding hydrogens is 344 g/mol. The molecule has 0 amide bonds. The molecule has 0 aromatic carbocycles. The molecule has 1 saturated carbocycles. The third-order valence-corrected chi connectivity index (χ3v) is 6.32. The minimum atomic E-state index is -3.55. The van der Waals surface area contributed by atoms with E-state index in [1.807, 2.05) is 0 Å². The minimum Gasteiger partial charge on any atom is -0.235 e. The van der Waals surface area contributed by atoms with Crippen LogP contribution in [0.4, 0.5) is 0 Å². The van der Waals surface area contributed by atoms with Crippen LogP contribution in [0, 0.1) is 11.8 Å². The first-order valence-corrected chi connectivity index (χ1v) is 9.22. The van der Waals surface area contributed by atoms with E-state index in [0.29, 0.717) is 12.5 Å². The fourth-order valence-electron chi connectivity index (χ4n) is 2.69. The molecular formula is C12H21BrN4O2S. The molecule has 1 aliphatic rings. The number of hydrogen-bond acceptors (Lipinski definition) is 4. The Morgan fingerprint density at radius 2 is 2.00 bits per heavy atom. The summed E-state index contributed by atoms with van der Waals surface area (Å²) in [5.41, 5.74) is 0. The van der Waals surface area contributed by atoms with Crippen LogP contribution in [0.2, 0.25) is 0 Å². The Morgan fingerprint density at radius 1 is 1.35 bits per heavy atom. The zero-order chi connectivity index (χ0) is 14.8. The summed E-state index contributed by atoms with van der Waals surface area (Å²) in [6.07, 6.45) is 5.83. The maximum atomic E-state index is 12.2. The zero-order valence-corrected chi connectivity index (χ0v) is 14.2. The van der Waals surface area contributed by atoms with E-state index >= 15 is 0 Å². The molecule has 1 aromatic heterocycles. The van der Waals surface area contributed by atoms with Crippen molar-refractivity contribution in [1.29, 1.82) is 0 Å². The molecule has 114 valence electrons. The lowest BCUT2D eigenvalue weighted by molar-refractivity contribution is 0.278. The Morgan fingerprint density at radius 3 is 2.55 bits per heavy atom. The van der Waals surface area contributed by atoms with E-state index in [1.165, 1.54) is 30.4 Å². The highest BCUT2D eigenvalue weighted by atomic mass is 79.9. The highest BCUT2D eigenvalue weighted by molar-refractivity contribution is 9.10. The van der Waals surface area contributed by atoms with E-state index in [0.717, 1.165) is 12.3 Å². The van der Waals surface area contributed by atoms with Crippen molar-refractivity contribution in [3.05, 3.63) is 4.60 Å². The number of halogens is 1. The number of rotatable bonds is 5. The number of aromatic nitrogens is 3. The van der Waals surface area contributed by atoms with Gasteiger partial charge in [-0.25, -0.2) is 17.8 Å². The summed E-state index contributed by atoms with van der Waals surface area (Å²) in [6.45, 7) is 2.75. The molecule has 0 bridgehead atoms. The first-order chi connectivity index (χ1) is 9.40. The third-order valence-electron chi connectivity index (χ3n) is 3.97. The average molecular weight is 365 g/mol. The van der Waals surface area contributed by atoms with Gasteiger partial charge in [0, 0.05) is 13.6 Å². The van der Waals surface area contributed by atoms with Gasteiger partial charge in [0.05, 0.1) is 0 Å². The van der Waals surface area contributed by atoms with Crippen molar-refractivity contribution in [1.82, 2.24) is 19.7 Å². The molecule has 1 N–H and O–H groups in total. The molecule has 20 heavy (non-hydrogen) atoms. The van der Waals surface area contributed by atoms with Gasteiger partial charge in [0.2, 0.25) is 5.03 Å². The third kappa shape index (κ3) is 3.79. The molecule has 1 aromatic rings. The molecule has 0 unspecified atom stereocenters. The Labute approximate surface area is 128 Å². The van der Waals surface area contributed by atoms with Gasteiger partial charge in [0.1, 0.15) is 0 Å². The van der Waals surface area contributed by atoms with Crippen LogP contribution < -0.4 is 4.72 Å². The second-order valence-corrected chi connectivity index (χ2v) is 8.05. The highest BCUT2D eigenvalue weighted by Gasteiger charge is 2.24. The van der Waals surface area contributed by atoms with Gasteiger partial charge in [-0.1, -0.05) is 37.8 Å². The van der Waals surface area contributed by atoms with Gasteiger partial charge < -0.3 is 0 Å². The van der Waals surface area contributed by atoms with Crippen molar-refractivity contribution in [2.24, 2.45) is 18.9 Å². The Bertz CT molecular complexity index is 530. The molecule has 6 nitrogen and oxygen atoms in total. The summed E-state index contributed by atoms with van der Waals surface area (Å²) in [4.78, 5) is 0. The van der Waals surface area contributed by atoms with E-state index in [2.05, 4.69) is 37.9 Å². The fourth-order valence-corrected chi connectivity index (χ4v) is 4.83. The van der Waals surface area contributed by atoms with Crippen LogP contribution in [0.25, 0.3) is 0 Å². The normalized spacial score (nSPS) is 23.9. The van der Waals surface area contributed by atoms with Gasteiger partial charge >= 0.3 is 0 Å². The molecule has 0 saturated heterocycles. The number of nitrogens with zero attached hydrogens (tertiary/aromatic N) is 3. The molecule has 1 aliphatic carbocycles. The van der Waals surface area contributed by atoms with Crippen LogP contribution in [0.5, 0.6) is 0 Å². The van der Waals surface area contributed by atoms with E-state index in [1.54, 1.807) is 7.05 Å². The van der Waals surface area contributed by atoms with Gasteiger partial charge in [-0.3, -0.25) is 0 Å². The summed E-state index contributed by atoms with van der Waals surface area (Å²) in [7, 11) is -1.98. The minimum absolute atomic E-state index is 0.0785. The first kappa shape index (κ1) is 15.9. The maximum absolute atomic E-state index is 12.2. The van der Waals surface area contributed by atoms with Crippen LogP contribution in [-0.4, -0.2) is 30.0 Å². The lowest BCUT2D eigenvalue weighted by Gasteiger charge is -2.26. The lowest BCUT2D eigenvalue weighted by Crippen LogP contribution is -2.28. The molecule has 2 rings (SSSR count). The second-order valence-electron chi connectivity index (χ2n) is 5.62. The molecule has 0 atom stereocenters. The van der Waals surface area contributed by atoms with Crippen LogP contribution in [0.1, 0.15) is 39.0 Å². The molecule has 1 heterocycles. The van der Waals surface area contributed by atoms with Crippen LogP contribution in [0.3, 0.4) is 0 Å². The summed E-state index contributed by atoms with van der Waals surface area (Å²) >= 11 is 3.11. The fraction of sp³-hybridized carbons (Fsp3) is 0.833. The molecule has 0 aliphatic heterocycles. The van der Waals surface area contributed by atoms with E-state index < -0.39 is 10.0 Å². The Balaban J connectivity index is 1.87. The highest BCUT2D eigenvalue weighted by Crippen LogP contribution is 2.30. The first-order valence-electron chi connectivity index (χ1n) is 6.95. The van der Waals surface area contributed by atoms with Gasteiger partial charge in [-0.2, -0.15) is 0 Å². The predicted molar refractivity (Wildman–Crippen MR) is 79.6 cm³/mol. The molecule has 0 spiro atoms. The maximum Gasteiger partial charge on any atom is 0.260 e. The predicted octanol–water partition coefficient (Wildman–Crippen LogP) is 2.07. The Hall–Kier alpha value is -0.470. The van der Waals surface area contributed by atoms with Gasteiger partial charge in [0.25, 0.3) is 10.0 Å². The average Bonchev–Trinajstić information content (AvgIpc) is 2.72. The molecule has 0 radical (unpaired) electrons. The van der Waals surface area contributed by atoms with Gasteiger partial charge in [0.15, 0.2) is 4.60 Å². The van der Waals surface area contributed by atoms with Crippen LogP contribution in [-0.2, 0) is 17.1 Å². The van der Waals surface area contributed by atoms with Crippen molar-refractivity contribution in [2.75, 3.05) is 6.54 Å². The zero-order valence-electron chi connectivity index (χ0n) is 11.8. The number of hydrogen-bond donors (Lipinski definition) is 1. The van der Waals surface area contributed by atoms with E-state index in [4.69, 9.17) is 0 Å². The quantitative estimate of drug-likeness (QED) is 0.867. The monoisotopic (exact) mass is 364 g/mol. The van der Waals surface area contributed by atoms with Crippen molar-refractivity contribution in [3.63, 3.8) is 0 Å². The Kier molecular flexibility index (Phi) is 5.19. The van der Waals surface area contributed by atoms with Gasteiger partial charge in [-0.15, -0.1) is 5.10 Å². The molecule has 1 fully saturated rings. The van der Waals surface area contributed by atoms with E-state index in [-0.39, 0.29) is 9.63 Å². The van der Waals surface area contributed by atoms with Crippen LogP contribution in [0.15, 0.2) is 9.63 Å². The largest absolute Gasteiger partial charge is 0.260 e. The topological polar surface area (TPSA) is 76.9 Å². The van der Waals surface area contributed by atoms with E-state index in [9.17, 15) is 8.42 Å². The van der Waals surface area contributed by atoms with Crippen molar-refractivity contribution < 1.29 is 8.42 Å². The summed E-state index contributed by atoms with van der Waals surface area (Å²) < 4.78 is 28.5. The standard InChI is InChI=1S/C12H21BrN4O2S/c1-9-3-5-10(6-4-9)7-8-14-20(18,19)12-11(13)15-16-17(12)2/h9-10,14H,3-8H2,1-2H3. The van der Waals surface area contributed by atoms with Crippen molar-refractivity contribution >= 4 is 26.0 Å². The number of sulfonamides is 1. The smallest absolute Gasteiger partial charge is 0.235 e.